The smallest absolute Gasteiger partial charge is 0.265 e. The summed E-state index contributed by atoms with van der Waals surface area (Å²) in [5, 5.41) is 3.42. The largest absolute Gasteiger partial charge is 0.482 e. The van der Waals surface area contributed by atoms with Crippen molar-refractivity contribution in [1.29, 1.82) is 0 Å². The third kappa shape index (κ3) is 3.61. The number of halogens is 1. The second-order valence-electron chi connectivity index (χ2n) is 5.89. The van der Waals surface area contributed by atoms with Gasteiger partial charge in [0.15, 0.2) is 6.61 Å². The molecule has 0 fully saturated rings. The minimum Gasteiger partial charge on any atom is -0.482 e. The molecule has 2 amide bonds. The number of anilines is 2. The predicted molar refractivity (Wildman–Crippen MR) is 98.5 cm³/mol. The van der Waals surface area contributed by atoms with E-state index >= 15 is 0 Å². The van der Waals surface area contributed by atoms with E-state index in [1.165, 1.54) is 4.90 Å². The van der Waals surface area contributed by atoms with Crippen LogP contribution in [-0.2, 0) is 16.0 Å². The van der Waals surface area contributed by atoms with Gasteiger partial charge in [-0.1, -0.05) is 36.7 Å². The lowest BCUT2D eigenvalue weighted by Crippen LogP contribution is -2.43. The van der Waals surface area contributed by atoms with Crippen LogP contribution in [0, 0.1) is 6.92 Å². The molecule has 1 heterocycles. The molecule has 0 spiro atoms. The van der Waals surface area contributed by atoms with Crippen LogP contribution in [0.2, 0.25) is 5.02 Å². The highest BCUT2D eigenvalue weighted by molar-refractivity contribution is 6.31. The molecule has 1 aliphatic heterocycles. The van der Waals surface area contributed by atoms with Gasteiger partial charge in [0, 0.05) is 10.7 Å². The van der Waals surface area contributed by atoms with Crippen LogP contribution in [0.5, 0.6) is 5.75 Å². The summed E-state index contributed by atoms with van der Waals surface area (Å²) in [6.07, 6.45) is 0.812. The van der Waals surface area contributed by atoms with Gasteiger partial charge in [0.25, 0.3) is 5.91 Å². The lowest BCUT2D eigenvalue weighted by molar-refractivity contribution is -0.123. The third-order valence-corrected chi connectivity index (χ3v) is 4.41. The Kier molecular flexibility index (Phi) is 4.95. The number of nitrogens with zero attached hydrogens (tertiary/aromatic N) is 1. The fraction of sp³-hybridized carbons (Fsp3) is 0.263. The molecule has 6 heteroatoms. The highest BCUT2D eigenvalue weighted by Gasteiger charge is 2.27. The average molecular weight is 359 g/mol. The van der Waals surface area contributed by atoms with E-state index in [9.17, 15) is 9.59 Å². The van der Waals surface area contributed by atoms with Gasteiger partial charge in [0.2, 0.25) is 5.91 Å². The maximum Gasteiger partial charge on any atom is 0.265 e. The Balaban J connectivity index is 1.82. The van der Waals surface area contributed by atoms with Gasteiger partial charge in [-0.05, 0) is 42.7 Å². The molecule has 0 bridgehead atoms. The van der Waals surface area contributed by atoms with E-state index in [0.717, 1.165) is 23.2 Å². The molecule has 0 unspecified atom stereocenters. The van der Waals surface area contributed by atoms with Crippen LogP contribution in [0.4, 0.5) is 11.4 Å². The number of rotatable bonds is 4. The summed E-state index contributed by atoms with van der Waals surface area (Å²) in [7, 11) is 0. The van der Waals surface area contributed by atoms with Crippen LogP contribution in [0.15, 0.2) is 36.4 Å². The maximum absolute atomic E-state index is 12.6. The molecule has 3 rings (SSSR count). The van der Waals surface area contributed by atoms with Crippen molar-refractivity contribution in [3.05, 3.63) is 52.5 Å². The van der Waals surface area contributed by atoms with Crippen LogP contribution in [-0.4, -0.2) is 25.0 Å². The number of carbonyl (C=O) groups is 2. The van der Waals surface area contributed by atoms with Crippen LogP contribution in [0.1, 0.15) is 18.1 Å². The van der Waals surface area contributed by atoms with Gasteiger partial charge in [0.05, 0.1) is 5.69 Å². The van der Waals surface area contributed by atoms with Gasteiger partial charge in [-0.2, -0.15) is 0 Å². The molecule has 0 atom stereocenters. The van der Waals surface area contributed by atoms with Crippen LogP contribution in [0.25, 0.3) is 0 Å². The Labute approximate surface area is 151 Å². The topological polar surface area (TPSA) is 58.6 Å². The molecule has 25 heavy (non-hydrogen) atoms. The normalized spacial score (nSPS) is 13.2. The van der Waals surface area contributed by atoms with Crippen molar-refractivity contribution >= 4 is 34.8 Å². The Bertz CT molecular complexity index is 835. The molecule has 0 saturated carbocycles. The number of aryl methyl sites for hydroxylation is 2. The molecule has 2 aromatic rings. The fourth-order valence-electron chi connectivity index (χ4n) is 2.87. The number of carbonyl (C=O) groups excluding carboxylic acids is 2. The maximum atomic E-state index is 12.6. The number of benzene rings is 2. The summed E-state index contributed by atoms with van der Waals surface area (Å²) < 4.78 is 5.39. The Morgan fingerprint density at radius 2 is 2.12 bits per heavy atom. The van der Waals surface area contributed by atoms with E-state index in [1.807, 2.05) is 32.0 Å². The first-order valence-corrected chi connectivity index (χ1v) is 8.48. The average Bonchev–Trinajstić information content (AvgIpc) is 2.59. The number of nitrogens with one attached hydrogen (secondary N) is 1. The van der Waals surface area contributed by atoms with Crippen molar-refractivity contribution in [2.75, 3.05) is 23.4 Å². The van der Waals surface area contributed by atoms with Crippen LogP contribution >= 0.6 is 11.6 Å². The van der Waals surface area contributed by atoms with Gasteiger partial charge < -0.3 is 10.1 Å². The molecule has 0 radical (unpaired) electrons. The zero-order valence-corrected chi connectivity index (χ0v) is 14.9. The van der Waals surface area contributed by atoms with Gasteiger partial charge in [-0.25, -0.2) is 0 Å². The minimum atomic E-state index is -0.273. The molecule has 0 aromatic heterocycles. The van der Waals surface area contributed by atoms with Crippen LogP contribution < -0.4 is 15.0 Å². The highest BCUT2D eigenvalue weighted by atomic mass is 35.5. The molecular weight excluding hydrogens is 340 g/mol. The van der Waals surface area contributed by atoms with E-state index in [4.69, 9.17) is 16.3 Å². The fourth-order valence-corrected chi connectivity index (χ4v) is 3.04. The lowest BCUT2D eigenvalue weighted by Gasteiger charge is -2.29. The standard InChI is InChI=1S/C19H19ClN2O3/c1-3-13-6-4-5-12(2)19(13)21-17(23)10-22-15-9-14(20)7-8-16(15)25-11-18(22)24/h4-9H,3,10-11H2,1-2H3,(H,21,23). The van der Waals surface area contributed by atoms with Crippen LogP contribution in [0.3, 0.4) is 0 Å². The van der Waals surface area contributed by atoms with Gasteiger partial charge in [-0.15, -0.1) is 0 Å². The monoisotopic (exact) mass is 358 g/mol. The highest BCUT2D eigenvalue weighted by Crippen LogP contribution is 2.34. The number of hydrogen-bond donors (Lipinski definition) is 1. The summed E-state index contributed by atoms with van der Waals surface area (Å²) in [6, 6.07) is 10.9. The number of hydrogen-bond acceptors (Lipinski definition) is 3. The number of amides is 2. The summed E-state index contributed by atoms with van der Waals surface area (Å²) in [5.74, 6) is 0.0116. The molecule has 0 saturated heterocycles. The molecule has 130 valence electrons. The third-order valence-electron chi connectivity index (χ3n) is 4.17. The quantitative estimate of drug-likeness (QED) is 0.908. The molecular formula is C19H19ClN2O3. The van der Waals surface area contributed by atoms with Crippen molar-refractivity contribution in [2.24, 2.45) is 0 Å². The van der Waals surface area contributed by atoms with Gasteiger partial charge in [-0.3, -0.25) is 14.5 Å². The molecule has 0 aliphatic carbocycles. The molecule has 2 aromatic carbocycles. The SMILES string of the molecule is CCc1cccc(C)c1NC(=O)CN1C(=O)COc2ccc(Cl)cc21. The zero-order valence-electron chi connectivity index (χ0n) is 14.1. The van der Waals surface area contributed by atoms with E-state index in [1.54, 1.807) is 18.2 Å². The van der Waals surface area contributed by atoms with Crippen molar-refractivity contribution < 1.29 is 14.3 Å². The molecule has 1 N–H and O–H groups in total. The number of fused-ring (bicyclic) bond motifs is 1. The predicted octanol–water partition coefficient (Wildman–Crippen LogP) is 3.57. The van der Waals surface area contributed by atoms with Crippen molar-refractivity contribution in [1.82, 2.24) is 0 Å². The zero-order chi connectivity index (χ0) is 18.0. The number of ether oxygens (including phenoxy) is 1. The summed E-state index contributed by atoms with van der Waals surface area (Å²) in [4.78, 5) is 26.2. The Morgan fingerprint density at radius 1 is 1.32 bits per heavy atom. The van der Waals surface area contributed by atoms with Crippen molar-refractivity contribution in [3.8, 4) is 5.75 Å². The lowest BCUT2D eigenvalue weighted by atomic mass is 10.1. The second-order valence-corrected chi connectivity index (χ2v) is 6.33. The van der Waals surface area contributed by atoms with Gasteiger partial charge >= 0.3 is 0 Å². The van der Waals surface area contributed by atoms with E-state index in [-0.39, 0.29) is 25.0 Å². The van der Waals surface area contributed by atoms with E-state index in [2.05, 4.69) is 5.32 Å². The second kappa shape index (κ2) is 7.15. The minimum absolute atomic E-state index is 0.0903. The Hall–Kier alpha value is -2.53. The summed E-state index contributed by atoms with van der Waals surface area (Å²) in [5.41, 5.74) is 3.37. The number of para-hydroxylation sites is 1. The first-order valence-electron chi connectivity index (χ1n) is 8.10. The Morgan fingerprint density at radius 3 is 2.88 bits per heavy atom. The van der Waals surface area contributed by atoms with Gasteiger partial charge in [0.1, 0.15) is 12.3 Å². The van der Waals surface area contributed by atoms with Crippen molar-refractivity contribution in [2.45, 2.75) is 20.3 Å². The molecule has 5 nitrogen and oxygen atoms in total. The first-order chi connectivity index (χ1) is 12.0. The summed E-state index contributed by atoms with van der Waals surface area (Å²) in [6.45, 7) is 3.80. The summed E-state index contributed by atoms with van der Waals surface area (Å²) >= 11 is 6.02. The molecule has 1 aliphatic rings. The van der Waals surface area contributed by atoms with E-state index in [0.29, 0.717) is 16.5 Å². The van der Waals surface area contributed by atoms with Crippen molar-refractivity contribution in [3.63, 3.8) is 0 Å². The first kappa shape index (κ1) is 17.3. The van der Waals surface area contributed by atoms with E-state index < -0.39 is 0 Å².